The minimum absolute atomic E-state index is 0.536. The number of rotatable bonds is 16. The van der Waals surface area contributed by atoms with Gasteiger partial charge in [0, 0.05) is 27.4 Å². The highest BCUT2D eigenvalue weighted by Gasteiger charge is 2.47. The maximum Gasteiger partial charge on any atom is 0.683 e. The van der Waals surface area contributed by atoms with Gasteiger partial charge in [-0.15, -0.1) is 0 Å². The van der Waals surface area contributed by atoms with Crippen LogP contribution in [0.1, 0.15) is 59.3 Å². The van der Waals surface area contributed by atoms with Crippen LogP contribution in [0.3, 0.4) is 0 Å². The Bertz CT molecular complexity index is 232. The zero-order valence-corrected chi connectivity index (χ0v) is 15.9. The van der Waals surface area contributed by atoms with E-state index in [2.05, 4.69) is 20.8 Å². The average Bonchev–Trinajstić information content (AvgIpc) is 2.54. The maximum absolute atomic E-state index is 5.82. The fourth-order valence-corrected chi connectivity index (χ4v) is 3.29. The van der Waals surface area contributed by atoms with Crippen LogP contribution in [-0.4, -0.2) is 49.6 Å². The van der Waals surface area contributed by atoms with Gasteiger partial charge in [-0.05, 0) is 19.3 Å². The first kappa shape index (κ1) is 22.0. The topological polar surface area (TPSA) is 55.4 Å². The van der Waals surface area contributed by atoms with Crippen molar-refractivity contribution in [3.63, 3.8) is 0 Å². The molecule has 1 atom stereocenters. The Hall–Kier alpha value is -0.0231. The standard InChI is InChI=1S/C15H34O6Si/c1-6-9-12-18-15(16-4)21-22(17-5,19-13-10-7-2)20-14-11-8-3/h15H,6-14H2,1-5H3. The zero-order chi connectivity index (χ0) is 16.7. The van der Waals surface area contributed by atoms with Gasteiger partial charge in [0.05, 0.1) is 6.61 Å². The van der Waals surface area contributed by atoms with E-state index >= 15 is 0 Å². The molecule has 0 aliphatic rings. The van der Waals surface area contributed by atoms with Gasteiger partial charge in [0.25, 0.3) is 6.48 Å². The molecule has 0 aliphatic carbocycles. The molecule has 0 N–H and O–H groups in total. The summed E-state index contributed by atoms with van der Waals surface area (Å²) in [4.78, 5) is 0. The maximum atomic E-state index is 5.82. The van der Waals surface area contributed by atoms with Crippen LogP contribution >= 0.6 is 0 Å². The molecule has 0 aromatic rings. The van der Waals surface area contributed by atoms with Crippen molar-refractivity contribution >= 4 is 9.05 Å². The van der Waals surface area contributed by atoms with Gasteiger partial charge in [-0.3, -0.25) is 0 Å². The highest BCUT2D eigenvalue weighted by atomic mass is 28.4. The van der Waals surface area contributed by atoms with Gasteiger partial charge in [-0.2, -0.15) is 0 Å². The molecule has 0 saturated heterocycles. The molecule has 0 rings (SSSR count). The first-order valence-corrected chi connectivity index (χ1v) is 9.96. The summed E-state index contributed by atoms with van der Waals surface area (Å²) < 4.78 is 33.7. The van der Waals surface area contributed by atoms with E-state index in [9.17, 15) is 0 Å². The lowest BCUT2D eigenvalue weighted by Crippen LogP contribution is -2.52. The summed E-state index contributed by atoms with van der Waals surface area (Å²) in [6, 6.07) is 0. The van der Waals surface area contributed by atoms with Crippen molar-refractivity contribution in [2.45, 2.75) is 65.8 Å². The first-order chi connectivity index (χ1) is 10.7. The first-order valence-electron chi connectivity index (χ1n) is 8.33. The van der Waals surface area contributed by atoms with Gasteiger partial charge in [0.2, 0.25) is 0 Å². The second kappa shape index (κ2) is 14.6. The van der Waals surface area contributed by atoms with Gasteiger partial charge < -0.3 is 27.2 Å². The predicted molar refractivity (Wildman–Crippen MR) is 87.2 cm³/mol. The molecular formula is C15H34O6Si. The molecule has 1 unspecified atom stereocenters. The number of methoxy groups -OCH3 is 1. The minimum Gasteiger partial charge on any atom is -0.354 e. The smallest absolute Gasteiger partial charge is 0.354 e. The van der Waals surface area contributed by atoms with Crippen LogP contribution in [0.15, 0.2) is 0 Å². The number of ether oxygens (including phenoxy) is 2. The molecule has 0 bridgehead atoms. The van der Waals surface area contributed by atoms with Crippen molar-refractivity contribution in [3.05, 3.63) is 0 Å². The minimum atomic E-state index is -3.24. The Balaban J connectivity index is 4.60. The molecule has 22 heavy (non-hydrogen) atoms. The molecule has 134 valence electrons. The predicted octanol–water partition coefficient (Wildman–Crippen LogP) is 3.47. The molecule has 0 saturated carbocycles. The fourth-order valence-electron chi connectivity index (χ4n) is 1.55. The summed E-state index contributed by atoms with van der Waals surface area (Å²) in [7, 11) is -0.162. The molecular weight excluding hydrogens is 304 g/mol. The van der Waals surface area contributed by atoms with Gasteiger partial charge in [0.1, 0.15) is 0 Å². The lowest BCUT2D eigenvalue weighted by Gasteiger charge is -2.29. The lowest BCUT2D eigenvalue weighted by molar-refractivity contribution is -0.266. The monoisotopic (exact) mass is 338 g/mol. The van der Waals surface area contributed by atoms with Gasteiger partial charge in [0.15, 0.2) is 0 Å². The number of hydrogen-bond donors (Lipinski definition) is 0. The fraction of sp³-hybridized carbons (Fsp3) is 1.00. The molecule has 6 nitrogen and oxygen atoms in total. The lowest BCUT2D eigenvalue weighted by atomic mass is 10.4. The summed E-state index contributed by atoms with van der Waals surface area (Å²) in [5.41, 5.74) is 0. The van der Waals surface area contributed by atoms with Crippen LogP contribution < -0.4 is 0 Å². The van der Waals surface area contributed by atoms with Gasteiger partial charge in [-0.25, -0.2) is 0 Å². The molecule has 0 fully saturated rings. The molecule has 0 spiro atoms. The summed E-state index contributed by atoms with van der Waals surface area (Å²) >= 11 is 0. The SMILES string of the molecule is CCCCOC(OC)O[Si](OC)(OCCCC)OCCCC. The van der Waals surface area contributed by atoms with E-state index in [1.54, 1.807) is 7.11 Å². The highest BCUT2D eigenvalue weighted by molar-refractivity contribution is 6.53. The molecule has 0 radical (unpaired) electrons. The quantitative estimate of drug-likeness (QED) is 0.244. The van der Waals surface area contributed by atoms with E-state index in [0.29, 0.717) is 19.8 Å². The summed E-state index contributed by atoms with van der Waals surface area (Å²) in [6.07, 6.45) is 5.90. The third-order valence-electron chi connectivity index (χ3n) is 2.99. The van der Waals surface area contributed by atoms with E-state index in [1.165, 1.54) is 7.11 Å². The van der Waals surface area contributed by atoms with Gasteiger partial charge in [-0.1, -0.05) is 40.0 Å². The Morgan fingerprint density at radius 2 is 1.27 bits per heavy atom. The number of hydrogen-bond acceptors (Lipinski definition) is 6. The average molecular weight is 339 g/mol. The Kier molecular flexibility index (Phi) is 14.5. The molecule has 0 aromatic carbocycles. The molecule has 0 aromatic heterocycles. The van der Waals surface area contributed by atoms with Crippen LogP contribution in [-0.2, 0) is 27.2 Å². The van der Waals surface area contributed by atoms with Gasteiger partial charge >= 0.3 is 9.05 Å². The summed E-state index contributed by atoms with van der Waals surface area (Å²) in [5, 5.41) is 0. The van der Waals surface area contributed by atoms with E-state index in [1.807, 2.05) is 0 Å². The van der Waals surface area contributed by atoms with Crippen molar-refractivity contribution < 1.29 is 27.2 Å². The van der Waals surface area contributed by atoms with Crippen molar-refractivity contribution in [1.29, 1.82) is 0 Å². The highest BCUT2D eigenvalue weighted by Crippen LogP contribution is 2.16. The number of unbranched alkanes of at least 4 members (excludes halogenated alkanes) is 3. The Morgan fingerprint density at radius 1 is 0.773 bits per heavy atom. The molecule has 7 heteroatoms. The van der Waals surface area contributed by atoms with Crippen molar-refractivity contribution in [2.24, 2.45) is 0 Å². The largest absolute Gasteiger partial charge is 0.683 e. The molecule has 0 aliphatic heterocycles. The van der Waals surface area contributed by atoms with Crippen molar-refractivity contribution in [3.8, 4) is 0 Å². The second-order valence-corrected chi connectivity index (χ2v) is 7.20. The Morgan fingerprint density at radius 3 is 1.68 bits per heavy atom. The van der Waals surface area contributed by atoms with Crippen molar-refractivity contribution in [1.82, 2.24) is 0 Å². The normalized spacial score (nSPS) is 13.5. The summed E-state index contributed by atoms with van der Waals surface area (Å²) in [5.74, 6) is 0. The molecule has 0 heterocycles. The second-order valence-electron chi connectivity index (χ2n) is 4.97. The van der Waals surface area contributed by atoms with Crippen LogP contribution in [0, 0.1) is 0 Å². The van der Waals surface area contributed by atoms with E-state index in [-0.39, 0.29) is 0 Å². The Labute approximate surface area is 136 Å². The van der Waals surface area contributed by atoms with E-state index in [4.69, 9.17) is 27.2 Å². The third kappa shape index (κ3) is 9.89. The van der Waals surface area contributed by atoms with Crippen LogP contribution in [0.25, 0.3) is 0 Å². The zero-order valence-electron chi connectivity index (χ0n) is 14.9. The van der Waals surface area contributed by atoms with Crippen LogP contribution in [0.5, 0.6) is 0 Å². The van der Waals surface area contributed by atoms with Crippen molar-refractivity contribution in [2.75, 3.05) is 34.0 Å². The van der Waals surface area contributed by atoms with Crippen LogP contribution in [0.2, 0.25) is 0 Å². The van der Waals surface area contributed by atoms with E-state index in [0.717, 1.165) is 38.5 Å². The van der Waals surface area contributed by atoms with E-state index < -0.39 is 15.5 Å². The third-order valence-corrected chi connectivity index (χ3v) is 5.08. The summed E-state index contributed by atoms with van der Waals surface area (Å²) in [6.45, 7) is 7.10. The molecule has 0 amide bonds. The van der Waals surface area contributed by atoms with Crippen LogP contribution in [0.4, 0.5) is 0 Å².